The molecule has 0 saturated carbocycles. The maximum absolute atomic E-state index is 9.23. The lowest BCUT2D eigenvalue weighted by Gasteiger charge is -2.23. The summed E-state index contributed by atoms with van der Waals surface area (Å²) in [5.74, 6) is -0.204. The monoisotopic (exact) mass is 628 g/mol. The Hall–Kier alpha value is -6.44. The Morgan fingerprint density at radius 3 is 1.82 bits per heavy atom. The normalized spacial score (nSPS) is 14.5. The zero-order valence-electron chi connectivity index (χ0n) is 34.0. The van der Waals surface area contributed by atoms with Crippen LogP contribution in [0.3, 0.4) is 0 Å². The fourth-order valence-corrected chi connectivity index (χ4v) is 8.05. The molecule has 1 nitrogen and oxygen atoms in total. The Morgan fingerprint density at radius 2 is 1.02 bits per heavy atom. The Bertz CT molecular complexity index is 3300. The molecule has 0 amide bonds. The van der Waals surface area contributed by atoms with Crippen molar-refractivity contribution in [2.75, 3.05) is 0 Å². The third-order valence-electron chi connectivity index (χ3n) is 10.0. The van der Waals surface area contributed by atoms with Crippen LogP contribution in [0.4, 0.5) is 0 Å². The standard InChI is InChI=1S/C48H28O/c1-2-12-30(13-3-1)44-37-19-4-5-20-38(37)45(48-40-24-10-15-29-14-9-23-39(43(29)40)47(44)48)32-17-8-16-31(28-32)33-26-27-42-46-35(33)21-11-22-36(46)34-18-6-7-25-41(34)49-42/h1-28H/i6D,7D,11D,18D,21D,22D,25D,27D. The number of para-hydroxylation sites is 1. The maximum atomic E-state index is 9.23. The van der Waals surface area contributed by atoms with Gasteiger partial charge in [0.25, 0.3) is 0 Å². The highest BCUT2D eigenvalue weighted by Gasteiger charge is 2.30. The van der Waals surface area contributed by atoms with Gasteiger partial charge in [0, 0.05) is 10.9 Å². The summed E-state index contributed by atoms with van der Waals surface area (Å²) in [7, 11) is 0. The molecular weight excluding hydrogens is 593 g/mol. The molecule has 1 heteroatoms. The molecule has 1 aliphatic carbocycles. The highest BCUT2D eigenvalue weighted by Crippen LogP contribution is 2.58. The van der Waals surface area contributed by atoms with Gasteiger partial charge in [0.2, 0.25) is 0 Å². The van der Waals surface area contributed by atoms with E-state index in [2.05, 4.69) is 97.1 Å². The lowest BCUT2D eigenvalue weighted by atomic mass is 9.82. The van der Waals surface area contributed by atoms with Crippen LogP contribution in [-0.2, 0) is 0 Å². The van der Waals surface area contributed by atoms with E-state index in [0.717, 1.165) is 49.5 Å². The summed E-state index contributed by atoms with van der Waals surface area (Å²) in [5, 5.41) is 5.04. The van der Waals surface area contributed by atoms with Gasteiger partial charge in [-0.1, -0.05) is 152 Å². The molecule has 9 aromatic rings. The van der Waals surface area contributed by atoms with Gasteiger partial charge in [0.05, 0.1) is 11.0 Å². The highest BCUT2D eigenvalue weighted by molar-refractivity contribution is 6.27. The fraction of sp³-hybridized carbons (Fsp3) is 0. The van der Waals surface area contributed by atoms with Gasteiger partial charge in [0.1, 0.15) is 11.5 Å². The summed E-state index contributed by atoms with van der Waals surface area (Å²) < 4.78 is 76.6. The molecule has 0 N–H and O–H groups in total. The van der Waals surface area contributed by atoms with Gasteiger partial charge in [-0.15, -0.1) is 0 Å². The van der Waals surface area contributed by atoms with Crippen LogP contribution in [0.1, 0.15) is 11.0 Å². The van der Waals surface area contributed by atoms with Crippen molar-refractivity contribution in [2.45, 2.75) is 0 Å². The number of rotatable bonds is 3. The third-order valence-corrected chi connectivity index (χ3v) is 10.0. The van der Waals surface area contributed by atoms with E-state index in [1.165, 1.54) is 16.5 Å². The van der Waals surface area contributed by atoms with Gasteiger partial charge >= 0.3 is 0 Å². The van der Waals surface area contributed by atoms with Crippen molar-refractivity contribution in [2.24, 2.45) is 0 Å². The zero-order valence-corrected chi connectivity index (χ0v) is 26.0. The van der Waals surface area contributed by atoms with Gasteiger partial charge in [-0.25, -0.2) is 0 Å². The van der Waals surface area contributed by atoms with Gasteiger partial charge in [-0.2, -0.15) is 0 Å². The molecule has 0 saturated heterocycles. The molecule has 0 radical (unpaired) electrons. The minimum Gasteiger partial charge on any atom is -0.456 e. The first-order valence-electron chi connectivity index (χ1n) is 20.3. The van der Waals surface area contributed by atoms with E-state index >= 15 is 0 Å². The number of ether oxygens (including phenoxy) is 1. The van der Waals surface area contributed by atoms with Gasteiger partial charge in [0.15, 0.2) is 0 Å². The van der Waals surface area contributed by atoms with Crippen LogP contribution in [0.15, 0.2) is 170 Å². The number of hydrogen-bond acceptors (Lipinski definition) is 1. The second-order valence-corrected chi connectivity index (χ2v) is 12.5. The molecule has 11 rings (SSSR count). The van der Waals surface area contributed by atoms with E-state index < -0.39 is 24.2 Å². The van der Waals surface area contributed by atoms with Crippen LogP contribution in [0.5, 0.6) is 11.5 Å². The van der Waals surface area contributed by atoms with E-state index in [1.54, 1.807) is 6.07 Å². The van der Waals surface area contributed by atoms with Crippen molar-refractivity contribution in [3.05, 3.63) is 170 Å². The quantitative estimate of drug-likeness (QED) is 0.189. The molecule has 226 valence electrons. The molecule has 1 heterocycles. The Labute approximate surface area is 295 Å². The third kappa shape index (κ3) is 3.70. The molecule has 49 heavy (non-hydrogen) atoms. The second kappa shape index (κ2) is 10.0. The molecule has 9 aromatic carbocycles. The largest absolute Gasteiger partial charge is 0.456 e. The van der Waals surface area contributed by atoms with Gasteiger partial charge in [-0.05, 0) is 106 Å². The molecular formula is C48H28O. The molecule has 0 fully saturated rings. The first kappa shape index (κ1) is 20.0. The van der Waals surface area contributed by atoms with Crippen LogP contribution < -0.4 is 4.74 Å². The first-order chi connectivity index (χ1) is 27.7. The topological polar surface area (TPSA) is 9.23 Å². The van der Waals surface area contributed by atoms with Crippen LogP contribution in [-0.4, -0.2) is 0 Å². The number of fused-ring (bicyclic) bond motifs is 6. The summed E-state index contributed by atoms with van der Waals surface area (Å²) in [4.78, 5) is 0. The Morgan fingerprint density at radius 1 is 0.367 bits per heavy atom. The average molecular weight is 629 g/mol. The summed E-state index contributed by atoms with van der Waals surface area (Å²) in [6, 6.07) is 38.7. The minimum absolute atomic E-state index is 0.00870. The minimum atomic E-state index is -0.497. The van der Waals surface area contributed by atoms with Gasteiger partial charge < -0.3 is 4.74 Å². The van der Waals surface area contributed by atoms with Crippen molar-refractivity contribution in [1.82, 2.24) is 0 Å². The molecule has 0 atom stereocenters. The van der Waals surface area contributed by atoms with E-state index in [9.17, 15) is 2.74 Å². The van der Waals surface area contributed by atoms with E-state index in [4.69, 9.17) is 13.0 Å². The van der Waals surface area contributed by atoms with Crippen molar-refractivity contribution < 1.29 is 15.7 Å². The Kier molecular flexibility index (Phi) is 4.10. The molecule has 1 aliphatic heterocycles. The smallest absolute Gasteiger partial charge is 0.135 e. The van der Waals surface area contributed by atoms with Crippen LogP contribution in [0.25, 0.3) is 99.1 Å². The van der Waals surface area contributed by atoms with Crippen LogP contribution in [0, 0.1) is 0 Å². The Balaban J connectivity index is 1.23. The van der Waals surface area contributed by atoms with E-state index in [1.807, 2.05) is 18.2 Å². The van der Waals surface area contributed by atoms with E-state index in [0.29, 0.717) is 11.1 Å². The zero-order chi connectivity index (χ0) is 39.0. The van der Waals surface area contributed by atoms with Crippen molar-refractivity contribution in [3.63, 3.8) is 0 Å². The summed E-state index contributed by atoms with van der Waals surface area (Å²) in [6.07, 6.45) is 0. The van der Waals surface area contributed by atoms with Crippen molar-refractivity contribution in [3.8, 4) is 78.3 Å². The lowest BCUT2D eigenvalue weighted by molar-refractivity contribution is 0.487. The molecule has 0 unspecified atom stereocenters. The first-order valence-corrected chi connectivity index (χ1v) is 16.3. The van der Waals surface area contributed by atoms with Crippen LogP contribution >= 0.6 is 0 Å². The number of benzene rings is 9. The van der Waals surface area contributed by atoms with Gasteiger partial charge in [-0.3, -0.25) is 0 Å². The molecule has 0 spiro atoms. The second-order valence-electron chi connectivity index (χ2n) is 12.5. The van der Waals surface area contributed by atoms with Crippen LogP contribution in [0.2, 0.25) is 0 Å². The molecule has 0 bridgehead atoms. The number of hydrogen-bond donors (Lipinski definition) is 0. The highest BCUT2D eigenvalue weighted by atomic mass is 16.5. The van der Waals surface area contributed by atoms with Crippen molar-refractivity contribution in [1.29, 1.82) is 0 Å². The predicted molar refractivity (Wildman–Crippen MR) is 205 cm³/mol. The maximum Gasteiger partial charge on any atom is 0.135 e. The SMILES string of the molecule is [2H]c1cc(-c2cccc(-c3c4c(c(-c5ccccc5)c5ccccc35)-c3cccc5cccc-4c35)c2)c2c([2H])c([2H])c([2H])c3c2c1Oc1c([2H])c([2H])c([2H])c([2H])c1-3. The predicted octanol–water partition coefficient (Wildman–Crippen LogP) is 13.6. The lowest BCUT2D eigenvalue weighted by Crippen LogP contribution is -1.97. The molecule has 0 aromatic heterocycles. The van der Waals surface area contributed by atoms with E-state index in [-0.39, 0.29) is 57.6 Å². The summed E-state index contributed by atoms with van der Waals surface area (Å²) in [5.41, 5.74) is 10.1. The average Bonchev–Trinajstić information content (AvgIpc) is 3.57. The summed E-state index contributed by atoms with van der Waals surface area (Å²) in [6.45, 7) is 0. The molecule has 2 aliphatic rings. The van der Waals surface area contributed by atoms with Crippen molar-refractivity contribution >= 4 is 32.3 Å². The fourth-order valence-electron chi connectivity index (χ4n) is 8.05. The summed E-state index contributed by atoms with van der Waals surface area (Å²) >= 11 is 0.